The maximum atomic E-state index is 14.4. The number of methoxy groups -OCH3 is 1. The highest BCUT2D eigenvalue weighted by Gasteiger charge is 2.46. The van der Waals surface area contributed by atoms with Crippen molar-refractivity contribution in [3.8, 4) is 0 Å². The van der Waals surface area contributed by atoms with Gasteiger partial charge in [0.15, 0.2) is 18.9 Å². The molecule has 598 valence electrons. The van der Waals surface area contributed by atoms with Crippen LogP contribution in [0.1, 0.15) is 202 Å². The fourth-order valence-electron chi connectivity index (χ4n) is 12.0. The van der Waals surface area contributed by atoms with E-state index in [0.29, 0.717) is 122 Å². The summed E-state index contributed by atoms with van der Waals surface area (Å²) in [4.78, 5) is 119. The van der Waals surface area contributed by atoms with Crippen LogP contribution in [-0.4, -0.2) is 289 Å². The van der Waals surface area contributed by atoms with E-state index in [4.69, 9.17) is 33.2 Å². The van der Waals surface area contributed by atoms with Gasteiger partial charge in [-0.2, -0.15) is 0 Å². The second-order valence-corrected chi connectivity index (χ2v) is 26.7. The lowest BCUT2D eigenvalue weighted by Crippen LogP contribution is -2.64. The van der Waals surface area contributed by atoms with Gasteiger partial charge in [0, 0.05) is 130 Å². The van der Waals surface area contributed by atoms with Crippen molar-refractivity contribution in [2.45, 2.75) is 287 Å². The number of Topliss-reactive ketones (excluding diaryl/α,β-unsaturated/α-hetero) is 3. The van der Waals surface area contributed by atoms with Crippen molar-refractivity contribution in [2.24, 2.45) is 11.8 Å². The van der Waals surface area contributed by atoms with Gasteiger partial charge in [0.25, 0.3) is 0 Å². The monoisotopic (exact) mass is 1480 g/mol. The molecule has 0 saturated carbocycles. The van der Waals surface area contributed by atoms with E-state index in [-0.39, 0.29) is 158 Å². The summed E-state index contributed by atoms with van der Waals surface area (Å²) >= 11 is 0. The van der Waals surface area contributed by atoms with Gasteiger partial charge in [-0.25, -0.2) is 0 Å². The fraction of sp³-hybridized carbons (Fsp3) is 0.873. The van der Waals surface area contributed by atoms with E-state index in [2.05, 4.69) is 31.9 Å². The van der Waals surface area contributed by atoms with E-state index in [9.17, 15) is 89.1 Å². The van der Waals surface area contributed by atoms with Crippen LogP contribution in [0.25, 0.3) is 0 Å². The topological polar surface area (TPSA) is 476 Å². The molecule has 3 aliphatic rings. The lowest BCUT2D eigenvalue weighted by molar-refractivity contribution is -0.282. The van der Waals surface area contributed by atoms with Gasteiger partial charge in [0.2, 0.25) is 35.4 Å². The number of ketones is 3. The summed E-state index contributed by atoms with van der Waals surface area (Å²) in [5.74, 6) is -3.20. The molecule has 0 aromatic heterocycles. The molecule has 7 unspecified atom stereocenters. The minimum absolute atomic E-state index is 0.000279. The molecule has 3 aliphatic heterocycles. The third kappa shape index (κ3) is 39.0. The third-order valence-corrected chi connectivity index (χ3v) is 18.2. The highest BCUT2D eigenvalue weighted by atomic mass is 16.7. The van der Waals surface area contributed by atoms with Crippen LogP contribution in [-0.2, 0) is 76.3 Å². The summed E-state index contributed by atoms with van der Waals surface area (Å²) in [6.45, 7) is 8.84. The summed E-state index contributed by atoms with van der Waals surface area (Å²) in [5, 5.41) is 107. The number of aliphatic hydroxyl groups excluding tert-OH is 9. The molecule has 0 spiro atoms. The van der Waals surface area contributed by atoms with Crippen LogP contribution >= 0.6 is 0 Å². The molecule has 15 N–H and O–H groups in total. The Labute approximate surface area is 608 Å². The van der Waals surface area contributed by atoms with Crippen molar-refractivity contribution in [2.75, 3.05) is 99.2 Å². The van der Waals surface area contributed by atoms with Crippen molar-refractivity contribution in [3.05, 3.63) is 0 Å². The first-order valence-corrected chi connectivity index (χ1v) is 37.6. The molecule has 16 atom stereocenters. The molecule has 0 bridgehead atoms. The molecule has 32 heteroatoms. The van der Waals surface area contributed by atoms with E-state index in [1.165, 1.54) is 14.0 Å². The van der Waals surface area contributed by atoms with Gasteiger partial charge in [-0.3, -0.25) is 48.1 Å². The van der Waals surface area contributed by atoms with Crippen molar-refractivity contribution < 1.29 is 122 Å². The quantitative estimate of drug-likeness (QED) is 0.0354. The molecule has 0 aromatic carbocycles. The van der Waals surface area contributed by atoms with Gasteiger partial charge >= 0.3 is 0 Å². The maximum Gasteiger partial charge on any atom is 0.234 e. The van der Waals surface area contributed by atoms with Crippen molar-refractivity contribution in [1.82, 2.24) is 36.8 Å². The number of carbonyl (C=O) groups excluding carboxylic acids is 9. The Kier molecular flexibility index (Phi) is 51.6. The lowest BCUT2D eigenvalue weighted by atomic mass is 9.92. The van der Waals surface area contributed by atoms with Crippen LogP contribution in [0.2, 0.25) is 0 Å². The van der Waals surface area contributed by atoms with Crippen molar-refractivity contribution >= 4 is 52.8 Å². The summed E-state index contributed by atoms with van der Waals surface area (Å²) in [7, 11) is 1.51. The van der Waals surface area contributed by atoms with Crippen molar-refractivity contribution in [3.63, 3.8) is 0 Å². The van der Waals surface area contributed by atoms with Gasteiger partial charge in [-0.15, -0.1) is 0 Å². The molecular weight excluding hydrogens is 1350 g/mol. The Hall–Kier alpha value is -4.85. The largest absolute Gasteiger partial charge is 0.394 e. The molecule has 103 heavy (non-hydrogen) atoms. The maximum absolute atomic E-state index is 14.4. The minimum atomic E-state index is -1.44. The number of rotatable bonds is 57. The molecule has 0 aliphatic carbocycles. The van der Waals surface area contributed by atoms with E-state index >= 15 is 0 Å². The van der Waals surface area contributed by atoms with Gasteiger partial charge < -0.3 is 111 Å². The summed E-state index contributed by atoms with van der Waals surface area (Å²) in [6.07, 6.45) is -2.98. The summed E-state index contributed by atoms with van der Waals surface area (Å²) in [5.41, 5.74) is 0. The van der Waals surface area contributed by atoms with Crippen LogP contribution in [0.3, 0.4) is 0 Å². The summed E-state index contributed by atoms with van der Waals surface area (Å²) < 4.78 is 39.1. The smallest absolute Gasteiger partial charge is 0.234 e. The van der Waals surface area contributed by atoms with E-state index in [1.807, 2.05) is 13.8 Å². The standard InChI is InChI=1S/C69H123N7O25.C2H6/c1-45-61(89)63(91)52(42-77)99-67(45)96-36-17-5-8-26-56(85)71-33-16-13-25-51(83)50(24-12-15-32-72-58(87)29-20-23-48(81)30-39-95-4)76(41-59(88)74-35-21-34-73-57(86)28-9-6-18-37-97-68-46(2)62(90)64(92)53(43-78)100-68)40-49(82)22-11-14-31-70-55(84)27-10-7-19-38-98-69-60(75-47(3)80)66(94)65(93)54(44-79)101-69;1-2/h45-46,50,52-54,60-69,77-79,89-94H,5-44H2,1-4H3,(H,70,84)(H,71,85)(H,72,87)(H,73,86)(H,74,88)(H,75,80);1-2H3/t45?,46?,50?,52?,53?,54?,60?,61-,62-,63+,64+,65+,66-,67-,68-,69-;/m1./s1. The zero-order valence-corrected chi connectivity index (χ0v) is 62.0. The molecule has 3 rings (SSSR count). The molecule has 0 radical (unpaired) electrons. The Balaban J connectivity index is 0.0000179. The molecule has 0 aromatic rings. The average molecular weight is 1480 g/mol. The van der Waals surface area contributed by atoms with Crippen LogP contribution in [0, 0.1) is 11.8 Å². The zero-order chi connectivity index (χ0) is 76.5. The van der Waals surface area contributed by atoms with E-state index < -0.39 is 129 Å². The molecule has 3 fully saturated rings. The minimum Gasteiger partial charge on any atom is -0.394 e. The normalized spacial score (nSPS) is 25.0. The predicted molar refractivity (Wildman–Crippen MR) is 376 cm³/mol. The number of hydrogen-bond donors (Lipinski definition) is 15. The Bertz CT molecular complexity index is 2380. The first-order chi connectivity index (χ1) is 49.5. The second kappa shape index (κ2) is 56.4. The van der Waals surface area contributed by atoms with Gasteiger partial charge in [-0.1, -0.05) is 47.0 Å². The van der Waals surface area contributed by atoms with Gasteiger partial charge in [0.1, 0.15) is 66.1 Å². The second-order valence-electron chi connectivity index (χ2n) is 26.7. The predicted octanol–water partition coefficient (Wildman–Crippen LogP) is -0.0958. The highest BCUT2D eigenvalue weighted by Crippen LogP contribution is 2.29. The number of aliphatic hydroxyl groups is 9. The van der Waals surface area contributed by atoms with Gasteiger partial charge in [-0.05, 0) is 96.3 Å². The zero-order valence-electron chi connectivity index (χ0n) is 62.0. The molecule has 3 heterocycles. The first kappa shape index (κ1) is 94.2. The van der Waals surface area contributed by atoms with Crippen LogP contribution in [0.4, 0.5) is 0 Å². The fourth-order valence-corrected chi connectivity index (χ4v) is 12.0. The molecule has 32 nitrogen and oxygen atoms in total. The number of unbranched alkanes of at least 4 members (excludes halogenated alkanes) is 9. The molecular formula is C71H129N7O25. The Morgan fingerprint density at radius 3 is 1.22 bits per heavy atom. The highest BCUT2D eigenvalue weighted by molar-refractivity contribution is 5.88. The Morgan fingerprint density at radius 2 is 0.777 bits per heavy atom. The average Bonchev–Trinajstić information content (AvgIpc) is 0.825. The van der Waals surface area contributed by atoms with E-state index in [1.54, 1.807) is 18.7 Å². The van der Waals surface area contributed by atoms with Crippen molar-refractivity contribution in [1.29, 1.82) is 0 Å². The summed E-state index contributed by atoms with van der Waals surface area (Å²) in [6, 6.07) is -1.96. The number of nitrogens with one attached hydrogen (secondary N) is 6. The van der Waals surface area contributed by atoms with Crippen LogP contribution in [0.15, 0.2) is 0 Å². The number of hydrogen-bond acceptors (Lipinski definition) is 26. The number of carbonyl (C=O) groups is 9. The molecule has 6 amide bonds. The van der Waals surface area contributed by atoms with Crippen LogP contribution < -0.4 is 31.9 Å². The molecule has 3 saturated heterocycles. The number of amides is 6. The number of ether oxygens (including phenoxy) is 7. The van der Waals surface area contributed by atoms with Crippen LogP contribution in [0.5, 0.6) is 0 Å². The third-order valence-electron chi connectivity index (χ3n) is 18.2. The lowest BCUT2D eigenvalue weighted by Gasteiger charge is -2.42. The van der Waals surface area contributed by atoms with E-state index in [0.717, 1.165) is 0 Å². The number of nitrogens with zero attached hydrogens (tertiary/aromatic N) is 1. The Morgan fingerprint density at radius 1 is 0.398 bits per heavy atom. The first-order valence-electron chi connectivity index (χ1n) is 37.6. The van der Waals surface area contributed by atoms with Gasteiger partial charge in [0.05, 0.1) is 57.8 Å². The SMILES string of the molecule is CC.COCCC(=O)CCCC(=O)NCCCCC(C(=O)CCCCNC(=O)CCCCCO[C@@H]1OC(CO)[C@H](O)[C@H](O)C1C)N(CC(=O)CCCCNC(=O)CCCCCO[C@@H]1OC(CO)[C@H](O)[C@H](O)C1NC(C)=O)CC(=O)NCCCNC(=O)CCCCCO[C@@H]1OC(CO)[C@H](O)[C@H](O)C1C.